The Morgan fingerprint density at radius 1 is 1.16 bits per heavy atom. The maximum atomic E-state index is 5.33. The Bertz CT molecular complexity index is 683. The van der Waals surface area contributed by atoms with Crippen LogP contribution >= 0.6 is 11.3 Å². The fraction of sp³-hybridized carbons (Fsp3) is 0.188. The van der Waals surface area contributed by atoms with Gasteiger partial charge in [0.05, 0.1) is 11.1 Å². The van der Waals surface area contributed by atoms with Crippen molar-refractivity contribution in [2.24, 2.45) is 0 Å². The van der Waals surface area contributed by atoms with Crippen LogP contribution in [-0.4, -0.2) is 4.98 Å². The number of hydrogen-bond donors (Lipinski definition) is 0. The van der Waals surface area contributed by atoms with Crippen LogP contribution in [0.3, 0.4) is 0 Å². The smallest absolute Gasteiger partial charge is 0.236 e. The summed E-state index contributed by atoms with van der Waals surface area (Å²) in [6, 6.07) is 10.8. The molecule has 0 saturated carbocycles. The standard InChI is InChI=1S/C16H15NOS/c1-11-3-4-12(2)13(9-11)10-14-5-6-15(19-14)16-17-7-8-18-16/h3-9H,10H2,1-2H3. The summed E-state index contributed by atoms with van der Waals surface area (Å²) >= 11 is 1.74. The Hall–Kier alpha value is -1.87. The Balaban J connectivity index is 1.86. The highest BCUT2D eigenvalue weighted by Crippen LogP contribution is 2.28. The fourth-order valence-electron chi connectivity index (χ4n) is 2.11. The highest BCUT2D eigenvalue weighted by atomic mass is 32.1. The lowest BCUT2D eigenvalue weighted by Crippen LogP contribution is -1.90. The quantitative estimate of drug-likeness (QED) is 0.694. The van der Waals surface area contributed by atoms with E-state index in [1.807, 2.05) is 0 Å². The second kappa shape index (κ2) is 5.02. The van der Waals surface area contributed by atoms with Crippen molar-refractivity contribution in [2.75, 3.05) is 0 Å². The van der Waals surface area contributed by atoms with E-state index >= 15 is 0 Å². The van der Waals surface area contributed by atoms with Crippen molar-refractivity contribution in [1.29, 1.82) is 0 Å². The molecular weight excluding hydrogens is 254 g/mol. The number of rotatable bonds is 3. The summed E-state index contributed by atoms with van der Waals surface area (Å²) in [5.41, 5.74) is 4.04. The summed E-state index contributed by atoms with van der Waals surface area (Å²) < 4.78 is 5.33. The number of benzene rings is 1. The number of nitrogens with zero attached hydrogens (tertiary/aromatic N) is 1. The third-order valence-electron chi connectivity index (χ3n) is 3.17. The molecule has 3 rings (SSSR count). The first kappa shape index (κ1) is 12.2. The van der Waals surface area contributed by atoms with E-state index in [2.05, 4.69) is 49.2 Å². The zero-order valence-corrected chi connectivity index (χ0v) is 11.8. The van der Waals surface area contributed by atoms with Gasteiger partial charge in [-0.25, -0.2) is 4.98 Å². The molecule has 0 aliphatic heterocycles. The lowest BCUT2D eigenvalue weighted by Gasteiger charge is -2.05. The zero-order valence-electron chi connectivity index (χ0n) is 11.0. The van der Waals surface area contributed by atoms with E-state index in [-0.39, 0.29) is 0 Å². The minimum atomic E-state index is 0.706. The molecule has 0 N–H and O–H groups in total. The summed E-state index contributed by atoms with van der Waals surface area (Å²) in [5.74, 6) is 0.706. The first-order valence-electron chi connectivity index (χ1n) is 6.27. The molecule has 0 radical (unpaired) electrons. The number of oxazole rings is 1. The van der Waals surface area contributed by atoms with Crippen LogP contribution in [0.4, 0.5) is 0 Å². The van der Waals surface area contributed by atoms with Crippen molar-refractivity contribution in [1.82, 2.24) is 4.98 Å². The van der Waals surface area contributed by atoms with Crippen LogP contribution in [0.1, 0.15) is 21.6 Å². The highest BCUT2D eigenvalue weighted by molar-refractivity contribution is 7.15. The van der Waals surface area contributed by atoms with Gasteiger partial charge in [-0.15, -0.1) is 11.3 Å². The second-order valence-corrected chi connectivity index (χ2v) is 5.88. The molecule has 0 spiro atoms. The zero-order chi connectivity index (χ0) is 13.2. The Kier molecular flexibility index (Phi) is 3.22. The van der Waals surface area contributed by atoms with E-state index in [9.17, 15) is 0 Å². The van der Waals surface area contributed by atoms with Crippen LogP contribution in [0.15, 0.2) is 47.2 Å². The molecule has 2 nitrogen and oxygen atoms in total. The molecule has 0 fully saturated rings. The van der Waals surface area contributed by atoms with Crippen LogP contribution in [0.25, 0.3) is 10.8 Å². The molecule has 96 valence electrons. The van der Waals surface area contributed by atoms with E-state index in [1.165, 1.54) is 21.6 Å². The first-order chi connectivity index (χ1) is 9.22. The molecule has 2 aromatic heterocycles. The molecule has 3 heteroatoms. The van der Waals surface area contributed by atoms with E-state index in [0.29, 0.717) is 5.89 Å². The molecule has 2 heterocycles. The van der Waals surface area contributed by atoms with Gasteiger partial charge in [0.15, 0.2) is 0 Å². The van der Waals surface area contributed by atoms with Gasteiger partial charge in [-0.3, -0.25) is 0 Å². The fourth-order valence-corrected chi connectivity index (χ4v) is 3.08. The number of thiophene rings is 1. The SMILES string of the molecule is Cc1ccc(C)c(Cc2ccc(-c3ncco3)s2)c1. The monoisotopic (exact) mass is 269 g/mol. The van der Waals surface area contributed by atoms with E-state index in [1.54, 1.807) is 23.8 Å². The van der Waals surface area contributed by atoms with E-state index in [0.717, 1.165) is 11.3 Å². The number of aryl methyl sites for hydroxylation is 2. The second-order valence-electron chi connectivity index (χ2n) is 4.71. The third kappa shape index (κ3) is 2.61. The molecule has 1 aromatic carbocycles. The summed E-state index contributed by atoms with van der Waals surface area (Å²) in [6.07, 6.45) is 4.26. The van der Waals surface area contributed by atoms with Gasteiger partial charge in [0.25, 0.3) is 0 Å². The summed E-state index contributed by atoms with van der Waals surface area (Å²) in [5, 5.41) is 0. The van der Waals surface area contributed by atoms with Crippen molar-refractivity contribution in [3.63, 3.8) is 0 Å². The van der Waals surface area contributed by atoms with Crippen molar-refractivity contribution in [3.8, 4) is 10.8 Å². The molecular formula is C16H15NOS. The van der Waals surface area contributed by atoms with Gasteiger partial charge in [0, 0.05) is 11.3 Å². The number of aromatic nitrogens is 1. The molecule has 0 unspecified atom stereocenters. The average Bonchev–Trinajstić information content (AvgIpc) is 3.04. The first-order valence-corrected chi connectivity index (χ1v) is 7.09. The molecule has 0 aliphatic rings. The van der Waals surface area contributed by atoms with Gasteiger partial charge in [-0.2, -0.15) is 0 Å². The molecule has 0 amide bonds. The minimum absolute atomic E-state index is 0.706. The van der Waals surface area contributed by atoms with Crippen molar-refractivity contribution in [2.45, 2.75) is 20.3 Å². The van der Waals surface area contributed by atoms with Crippen LogP contribution in [0.5, 0.6) is 0 Å². The molecule has 3 aromatic rings. The lowest BCUT2D eigenvalue weighted by atomic mass is 10.0. The Labute approximate surface area is 116 Å². The summed E-state index contributed by atoms with van der Waals surface area (Å²) in [6.45, 7) is 4.30. The minimum Gasteiger partial charge on any atom is -0.444 e. The van der Waals surface area contributed by atoms with Crippen LogP contribution in [0.2, 0.25) is 0 Å². The maximum absolute atomic E-state index is 5.33. The van der Waals surface area contributed by atoms with Crippen molar-refractivity contribution >= 4 is 11.3 Å². The van der Waals surface area contributed by atoms with Crippen molar-refractivity contribution < 1.29 is 4.42 Å². The van der Waals surface area contributed by atoms with Gasteiger partial charge in [0.1, 0.15) is 6.26 Å². The third-order valence-corrected chi connectivity index (χ3v) is 4.25. The Morgan fingerprint density at radius 2 is 2.05 bits per heavy atom. The molecule has 0 aliphatic carbocycles. The lowest BCUT2D eigenvalue weighted by molar-refractivity contribution is 0.576. The van der Waals surface area contributed by atoms with E-state index < -0.39 is 0 Å². The van der Waals surface area contributed by atoms with Gasteiger partial charge >= 0.3 is 0 Å². The topological polar surface area (TPSA) is 26.0 Å². The van der Waals surface area contributed by atoms with Gasteiger partial charge < -0.3 is 4.42 Å². The summed E-state index contributed by atoms with van der Waals surface area (Å²) in [4.78, 5) is 6.61. The van der Waals surface area contributed by atoms with E-state index in [4.69, 9.17) is 4.42 Å². The normalized spacial score (nSPS) is 10.8. The van der Waals surface area contributed by atoms with Gasteiger partial charge in [-0.1, -0.05) is 23.8 Å². The summed E-state index contributed by atoms with van der Waals surface area (Å²) in [7, 11) is 0. The molecule has 0 bridgehead atoms. The van der Waals surface area contributed by atoms with Crippen LogP contribution < -0.4 is 0 Å². The van der Waals surface area contributed by atoms with Crippen molar-refractivity contribution in [3.05, 3.63) is 64.4 Å². The number of hydrogen-bond acceptors (Lipinski definition) is 3. The van der Waals surface area contributed by atoms with Gasteiger partial charge in [-0.05, 0) is 37.1 Å². The Morgan fingerprint density at radius 3 is 2.84 bits per heavy atom. The van der Waals surface area contributed by atoms with Crippen LogP contribution in [0, 0.1) is 13.8 Å². The maximum Gasteiger partial charge on any atom is 0.236 e. The molecule has 0 saturated heterocycles. The predicted octanol–water partition coefficient (Wildman–Crippen LogP) is 4.61. The highest BCUT2D eigenvalue weighted by Gasteiger charge is 2.08. The largest absolute Gasteiger partial charge is 0.444 e. The van der Waals surface area contributed by atoms with Crippen LogP contribution in [-0.2, 0) is 6.42 Å². The molecule has 0 atom stereocenters. The van der Waals surface area contributed by atoms with Gasteiger partial charge in [0.2, 0.25) is 5.89 Å². The average molecular weight is 269 g/mol. The molecule has 19 heavy (non-hydrogen) atoms. The predicted molar refractivity (Wildman–Crippen MR) is 78.5 cm³/mol.